The van der Waals surface area contributed by atoms with E-state index in [0.717, 1.165) is 0 Å². The normalized spacial score (nSPS) is 12.1. The topological polar surface area (TPSA) is 88.5 Å². The van der Waals surface area contributed by atoms with Crippen LogP contribution in [0.25, 0.3) is 0 Å². The number of rotatable bonds is 5. The fraction of sp³-hybridized carbons (Fsp3) is 0.375. The number of nitrogens with one attached hydrogen (secondary N) is 1. The molecule has 0 fully saturated rings. The Morgan fingerprint density at radius 3 is 2.93 bits per heavy atom. The van der Waals surface area contributed by atoms with Crippen molar-refractivity contribution in [1.29, 1.82) is 0 Å². The Morgan fingerprint density at radius 2 is 2.47 bits per heavy atom. The molecule has 0 aliphatic carbocycles. The summed E-state index contributed by atoms with van der Waals surface area (Å²) in [5, 5.41) is 12.6. The van der Waals surface area contributed by atoms with Crippen molar-refractivity contribution in [2.24, 2.45) is 0 Å². The molecule has 0 bridgehead atoms. The molecular weight excluding hydrogens is 220 g/mol. The predicted molar refractivity (Wildman–Crippen MR) is 52.9 cm³/mol. The Morgan fingerprint density at radius 1 is 1.73 bits per heavy atom. The average Bonchev–Trinajstić information content (AvgIpc) is 2.69. The molecule has 0 saturated heterocycles. The number of hydrogen-bond donors (Lipinski definition) is 2. The lowest BCUT2D eigenvalue weighted by Crippen LogP contribution is -2.43. The van der Waals surface area contributed by atoms with Gasteiger partial charge in [-0.3, -0.25) is 4.79 Å². The van der Waals surface area contributed by atoms with Crippen LogP contribution in [0.3, 0.4) is 0 Å². The SMILES string of the molecule is COCC(NC(=O)c1cscn1)C(=O)O. The standard InChI is InChI=1S/C8H10N2O4S/c1-14-2-5(8(12)13)10-7(11)6-3-15-4-9-6/h3-5H,2H2,1H3,(H,10,11)(H,12,13). The van der Waals surface area contributed by atoms with Crippen molar-refractivity contribution in [3.05, 3.63) is 16.6 Å². The number of hydrogen-bond acceptors (Lipinski definition) is 5. The van der Waals surface area contributed by atoms with E-state index < -0.39 is 17.9 Å². The highest BCUT2D eigenvalue weighted by Gasteiger charge is 2.20. The molecule has 1 unspecified atom stereocenters. The molecule has 1 aromatic heterocycles. The highest BCUT2D eigenvalue weighted by Crippen LogP contribution is 2.01. The molecule has 0 radical (unpaired) electrons. The zero-order chi connectivity index (χ0) is 11.3. The Bertz CT molecular complexity index is 338. The van der Waals surface area contributed by atoms with Gasteiger partial charge >= 0.3 is 5.97 Å². The van der Waals surface area contributed by atoms with Gasteiger partial charge in [-0.1, -0.05) is 0 Å². The van der Waals surface area contributed by atoms with Gasteiger partial charge in [0.25, 0.3) is 5.91 Å². The van der Waals surface area contributed by atoms with Gasteiger partial charge in [0.15, 0.2) is 6.04 Å². The van der Waals surface area contributed by atoms with E-state index in [0.29, 0.717) is 0 Å². The lowest BCUT2D eigenvalue weighted by Gasteiger charge is -2.11. The second-order valence-corrected chi connectivity index (χ2v) is 3.41. The van der Waals surface area contributed by atoms with Gasteiger partial charge in [0.1, 0.15) is 5.69 Å². The van der Waals surface area contributed by atoms with Gasteiger partial charge < -0.3 is 15.2 Å². The van der Waals surface area contributed by atoms with Gasteiger partial charge in [-0.2, -0.15) is 0 Å². The number of carboxylic acid groups (broad SMARTS) is 1. The summed E-state index contributed by atoms with van der Waals surface area (Å²) in [5.41, 5.74) is 1.71. The molecule has 1 rings (SSSR count). The van der Waals surface area contributed by atoms with Gasteiger partial charge in [0.05, 0.1) is 12.1 Å². The van der Waals surface area contributed by atoms with E-state index >= 15 is 0 Å². The van der Waals surface area contributed by atoms with E-state index in [1.165, 1.54) is 24.0 Å². The van der Waals surface area contributed by atoms with E-state index in [-0.39, 0.29) is 12.3 Å². The average molecular weight is 230 g/mol. The molecule has 0 aliphatic heterocycles. The molecule has 1 atom stereocenters. The lowest BCUT2D eigenvalue weighted by atomic mass is 10.3. The number of amides is 1. The van der Waals surface area contributed by atoms with Crippen molar-refractivity contribution in [1.82, 2.24) is 10.3 Å². The third kappa shape index (κ3) is 3.30. The summed E-state index contributed by atoms with van der Waals surface area (Å²) in [5.74, 6) is -1.65. The zero-order valence-electron chi connectivity index (χ0n) is 7.97. The molecule has 1 heterocycles. The quantitative estimate of drug-likeness (QED) is 0.741. The number of carbonyl (C=O) groups excluding carboxylic acids is 1. The van der Waals surface area contributed by atoms with Crippen LogP contribution in [-0.2, 0) is 9.53 Å². The number of carbonyl (C=O) groups is 2. The Balaban J connectivity index is 2.59. The molecule has 0 aromatic carbocycles. The summed E-state index contributed by atoms with van der Waals surface area (Å²) in [6.07, 6.45) is 0. The molecule has 0 aliphatic rings. The minimum atomic E-state index is -1.14. The molecule has 1 amide bonds. The van der Waals surface area contributed by atoms with Crippen LogP contribution in [0.4, 0.5) is 0 Å². The fourth-order valence-electron chi connectivity index (χ4n) is 0.898. The predicted octanol–water partition coefficient (Wildman–Crippen LogP) is -0.0275. The van der Waals surface area contributed by atoms with Gasteiger partial charge in [-0.15, -0.1) is 11.3 Å². The van der Waals surface area contributed by atoms with Crippen LogP contribution in [0.5, 0.6) is 0 Å². The van der Waals surface area contributed by atoms with Crippen LogP contribution in [0.15, 0.2) is 10.9 Å². The van der Waals surface area contributed by atoms with Gasteiger partial charge in [0, 0.05) is 12.5 Å². The highest BCUT2D eigenvalue weighted by molar-refractivity contribution is 7.07. The van der Waals surface area contributed by atoms with Crippen LogP contribution in [0.1, 0.15) is 10.5 Å². The fourth-order valence-corrected chi connectivity index (χ4v) is 1.43. The number of aliphatic carboxylic acids is 1. The second-order valence-electron chi connectivity index (χ2n) is 2.69. The highest BCUT2D eigenvalue weighted by atomic mass is 32.1. The van der Waals surface area contributed by atoms with Crippen molar-refractivity contribution < 1.29 is 19.4 Å². The number of nitrogens with zero attached hydrogens (tertiary/aromatic N) is 1. The van der Waals surface area contributed by atoms with Crippen LogP contribution in [-0.4, -0.2) is 41.7 Å². The third-order valence-electron chi connectivity index (χ3n) is 1.60. The maximum atomic E-state index is 11.4. The van der Waals surface area contributed by atoms with Crippen molar-refractivity contribution >= 4 is 23.2 Å². The van der Waals surface area contributed by atoms with E-state index in [4.69, 9.17) is 5.11 Å². The Labute approximate surface area is 89.9 Å². The number of ether oxygens (including phenoxy) is 1. The van der Waals surface area contributed by atoms with Gasteiger partial charge in [-0.05, 0) is 0 Å². The monoisotopic (exact) mass is 230 g/mol. The maximum Gasteiger partial charge on any atom is 0.328 e. The van der Waals surface area contributed by atoms with Gasteiger partial charge in [0.2, 0.25) is 0 Å². The van der Waals surface area contributed by atoms with E-state index in [2.05, 4.69) is 15.0 Å². The molecule has 0 saturated carbocycles. The van der Waals surface area contributed by atoms with Crippen molar-refractivity contribution in [3.8, 4) is 0 Å². The summed E-state index contributed by atoms with van der Waals surface area (Å²) in [7, 11) is 1.37. The van der Waals surface area contributed by atoms with Crippen LogP contribution in [0.2, 0.25) is 0 Å². The van der Waals surface area contributed by atoms with E-state index in [9.17, 15) is 9.59 Å². The minimum Gasteiger partial charge on any atom is -0.480 e. The number of carboxylic acids is 1. The number of aromatic nitrogens is 1. The number of thiazole rings is 1. The summed E-state index contributed by atoms with van der Waals surface area (Å²) in [6, 6.07) is -1.05. The smallest absolute Gasteiger partial charge is 0.328 e. The molecule has 7 heteroatoms. The van der Waals surface area contributed by atoms with E-state index in [1.54, 1.807) is 5.38 Å². The summed E-state index contributed by atoms with van der Waals surface area (Å²) < 4.78 is 4.67. The molecular formula is C8H10N2O4S. The van der Waals surface area contributed by atoms with Crippen LogP contribution in [0, 0.1) is 0 Å². The summed E-state index contributed by atoms with van der Waals surface area (Å²) in [6.45, 7) is -0.0782. The van der Waals surface area contributed by atoms with Crippen molar-refractivity contribution in [2.75, 3.05) is 13.7 Å². The molecule has 0 spiro atoms. The minimum absolute atomic E-state index is 0.0782. The first kappa shape index (κ1) is 11.6. The first-order chi connectivity index (χ1) is 7.15. The first-order valence-electron chi connectivity index (χ1n) is 4.06. The maximum absolute atomic E-state index is 11.4. The molecule has 1 aromatic rings. The largest absolute Gasteiger partial charge is 0.480 e. The van der Waals surface area contributed by atoms with Crippen LogP contribution >= 0.6 is 11.3 Å². The Hall–Kier alpha value is -1.47. The molecule has 15 heavy (non-hydrogen) atoms. The lowest BCUT2D eigenvalue weighted by molar-refractivity contribution is -0.140. The Kier molecular flexibility index (Phi) is 4.19. The van der Waals surface area contributed by atoms with Gasteiger partial charge in [-0.25, -0.2) is 9.78 Å². The molecule has 6 nitrogen and oxygen atoms in total. The van der Waals surface area contributed by atoms with Crippen molar-refractivity contribution in [2.45, 2.75) is 6.04 Å². The van der Waals surface area contributed by atoms with E-state index in [1.807, 2.05) is 0 Å². The zero-order valence-corrected chi connectivity index (χ0v) is 8.78. The second kappa shape index (κ2) is 5.42. The summed E-state index contributed by atoms with van der Waals surface area (Å²) in [4.78, 5) is 25.9. The summed E-state index contributed by atoms with van der Waals surface area (Å²) >= 11 is 1.27. The first-order valence-corrected chi connectivity index (χ1v) is 5.00. The van der Waals surface area contributed by atoms with Crippen molar-refractivity contribution in [3.63, 3.8) is 0 Å². The third-order valence-corrected chi connectivity index (χ3v) is 2.19. The molecule has 2 N–H and O–H groups in total. The number of methoxy groups -OCH3 is 1. The molecule has 82 valence electrons. The van der Waals surface area contributed by atoms with Crippen LogP contribution < -0.4 is 5.32 Å².